The van der Waals surface area contributed by atoms with Crippen molar-refractivity contribution in [3.63, 3.8) is 0 Å². The van der Waals surface area contributed by atoms with Crippen LogP contribution in [0.3, 0.4) is 0 Å². The number of halogens is 1. The van der Waals surface area contributed by atoms with Crippen molar-refractivity contribution in [3.05, 3.63) is 88.9 Å². The monoisotopic (exact) mass is 366 g/mol. The molecule has 3 aromatic rings. The van der Waals surface area contributed by atoms with Crippen LogP contribution in [0.15, 0.2) is 72.8 Å². The van der Waals surface area contributed by atoms with Crippen molar-refractivity contribution in [2.24, 2.45) is 0 Å². The summed E-state index contributed by atoms with van der Waals surface area (Å²) in [4.78, 5) is 2.21. The van der Waals surface area contributed by atoms with E-state index in [4.69, 9.17) is 11.6 Å². The summed E-state index contributed by atoms with van der Waals surface area (Å²) in [5, 5.41) is 13.3. The Morgan fingerprint density at radius 2 is 1.62 bits per heavy atom. The summed E-state index contributed by atoms with van der Waals surface area (Å²) in [6.07, 6.45) is 0.668. The Hall–Kier alpha value is -2.49. The molecule has 134 valence electrons. The van der Waals surface area contributed by atoms with Gasteiger partial charge in [-0.05, 0) is 47.9 Å². The van der Waals surface area contributed by atoms with Crippen molar-refractivity contribution in [1.29, 1.82) is 0 Å². The number of hydrogen-bond donors (Lipinski definition) is 2. The van der Waals surface area contributed by atoms with Gasteiger partial charge in [-0.25, -0.2) is 0 Å². The highest BCUT2D eigenvalue weighted by molar-refractivity contribution is 6.33. The fraction of sp³-hybridized carbons (Fsp3) is 0.182. The number of rotatable bonds is 7. The SMILES string of the molecule is CN(Cc1ccc(Nc2ccccc2Cl)cc1)c1ccccc1CCO. The van der Waals surface area contributed by atoms with Gasteiger partial charge >= 0.3 is 0 Å². The van der Waals surface area contributed by atoms with Crippen LogP contribution >= 0.6 is 11.6 Å². The van der Waals surface area contributed by atoms with Crippen LogP contribution in [0.1, 0.15) is 11.1 Å². The van der Waals surface area contributed by atoms with Gasteiger partial charge in [-0.15, -0.1) is 0 Å². The molecular formula is C22H23ClN2O. The summed E-state index contributed by atoms with van der Waals surface area (Å²) < 4.78 is 0. The van der Waals surface area contributed by atoms with E-state index in [1.807, 2.05) is 36.4 Å². The molecule has 0 aliphatic heterocycles. The molecule has 0 bridgehead atoms. The molecule has 0 radical (unpaired) electrons. The summed E-state index contributed by atoms with van der Waals surface area (Å²) in [6, 6.07) is 24.3. The lowest BCUT2D eigenvalue weighted by Gasteiger charge is -2.22. The molecule has 0 atom stereocenters. The van der Waals surface area contributed by atoms with Crippen LogP contribution in [-0.4, -0.2) is 18.8 Å². The van der Waals surface area contributed by atoms with Gasteiger partial charge in [-0.2, -0.15) is 0 Å². The first-order valence-corrected chi connectivity index (χ1v) is 9.05. The first kappa shape index (κ1) is 18.3. The predicted molar refractivity (Wildman–Crippen MR) is 111 cm³/mol. The summed E-state index contributed by atoms with van der Waals surface area (Å²) >= 11 is 6.20. The zero-order chi connectivity index (χ0) is 18.4. The molecule has 0 aliphatic rings. The van der Waals surface area contributed by atoms with Crippen molar-refractivity contribution in [2.45, 2.75) is 13.0 Å². The first-order valence-electron chi connectivity index (χ1n) is 8.68. The van der Waals surface area contributed by atoms with Crippen LogP contribution in [0, 0.1) is 0 Å². The third kappa shape index (κ3) is 4.57. The maximum Gasteiger partial charge on any atom is 0.0640 e. The number of nitrogens with zero attached hydrogens (tertiary/aromatic N) is 1. The van der Waals surface area contributed by atoms with E-state index in [1.165, 1.54) is 5.56 Å². The normalized spacial score (nSPS) is 10.6. The highest BCUT2D eigenvalue weighted by Crippen LogP contribution is 2.26. The fourth-order valence-electron chi connectivity index (χ4n) is 2.99. The Balaban J connectivity index is 1.68. The third-order valence-corrected chi connectivity index (χ3v) is 4.64. The molecule has 0 aliphatic carbocycles. The molecule has 0 saturated carbocycles. The Labute approximate surface area is 159 Å². The molecule has 0 unspecified atom stereocenters. The van der Waals surface area contributed by atoms with Gasteiger partial charge in [0.2, 0.25) is 0 Å². The molecule has 26 heavy (non-hydrogen) atoms. The first-order chi connectivity index (χ1) is 12.7. The second kappa shape index (κ2) is 8.75. The van der Waals surface area contributed by atoms with Crippen LogP contribution in [0.4, 0.5) is 17.1 Å². The van der Waals surface area contributed by atoms with Crippen LogP contribution in [0.2, 0.25) is 5.02 Å². The van der Waals surface area contributed by atoms with E-state index in [-0.39, 0.29) is 6.61 Å². The molecule has 0 heterocycles. The van der Waals surface area contributed by atoms with E-state index in [9.17, 15) is 5.11 Å². The second-order valence-electron chi connectivity index (χ2n) is 6.26. The maximum absolute atomic E-state index is 9.25. The van der Waals surface area contributed by atoms with Gasteiger partial charge in [0.05, 0.1) is 10.7 Å². The molecule has 0 saturated heterocycles. The van der Waals surface area contributed by atoms with E-state index in [1.54, 1.807) is 0 Å². The van der Waals surface area contributed by atoms with Gasteiger partial charge in [0.25, 0.3) is 0 Å². The smallest absolute Gasteiger partial charge is 0.0640 e. The highest BCUT2D eigenvalue weighted by atomic mass is 35.5. The minimum absolute atomic E-state index is 0.160. The molecule has 2 N–H and O–H groups in total. The molecule has 0 spiro atoms. The molecule has 3 nitrogen and oxygen atoms in total. The fourth-order valence-corrected chi connectivity index (χ4v) is 3.17. The van der Waals surface area contributed by atoms with Crippen molar-refractivity contribution in [1.82, 2.24) is 0 Å². The van der Waals surface area contributed by atoms with Crippen LogP contribution < -0.4 is 10.2 Å². The Bertz CT molecular complexity index is 849. The Kier molecular flexibility index (Phi) is 6.16. The number of aliphatic hydroxyl groups excluding tert-OH is 1. The number of anilines is 3. The lowest BCUT2D eigenvalue weighted by atomic mass is 10.1. The van der Waals surface area contributed by atoms with Gasteiger partial charge in [0.15, 0.2) is 0 Å². The number of nitrogens with one attached hydrogen (secondary N) is 1. The summed E-state index contributed by atoms with van der Waals surface area (Å²) in [5.41, 5.74) is 5.44. The quantitative estimate of drug-likeness (QED) is 0.599. The molecule has 3 rings (SSSR count). The van der Waals surface area contributed by atoms with Crippen molar-refractivity contribution < 1.29 is 5.11 Å². The average molecular weight is 367 g/mol. The van der Waals surface area contributed by atoms with Crippen LogP contribution in [0.5, 0.6) is 0 Å². The van der Waals surface area contributed by atoms with E-state index >= 15 is 0 Å². The topological polar surface area (TPSA) is 35.5 Å². The second-order valence-corrected chi connectivity index (χ2v) is 6.67. The number of aliphatic hydroxyl groups is 1. The average Bonchev–Trinajstić information content (AvgIpc) is 2.66. The summed E-state index contributed by atoms with van der Waals surface area (Å²) in [6.45, 7) is 0.960. The van der Waals surface area contributed by atoms with E-state index in [0.29, 0.717) is 11.4 Å². The van der Waals surface area contributed by atoms with E-state index in [0.717, 1.165) is 29.2 Å². The third-order valence-electron chi connectivity index (χ3n) is 4.31. The standard InChI is InChI=1S/C22H23ClN2O/c1-25(22-9-5-2-6-18(22)14-15-26)16-17-10-12-19(13-11-17)24-21-8-4-3-7-20(21)23/h2-13,24,26H,14-16H2,1H3. The van der Waals surface area contributed by atoms with E-state index in [2.05, 4.69) is 53.7 Å². The minimum Gasteiger partial charge on any atom is -0.396 e. The number of benzene rings is 3. The van der Waals surface area contributed by atoms with Crippen LogP contribution in [0.25, 0.3) is 0 Å². The van der Waals surface area contributed by atoms with Crippen molar-refractivity contribution in [2.75, 3.05) is 23.9 Å². The van der Waals surface area contributed by atoms with Gasteiger partial charge in [-0.3, -0.25) is 0 Å². The molecule has 0 amide bonds. The van der Waals surface area contributed by atoms with Crippen molar-refractivity contribution in [3.8, 4) is 0 Å². The lowest BCUT2D eigenvalue weighted by molar-refractivity contribution is 0.299. The number of hydrogen-bond acceptors (Lipinski definition) is 3. The van der Waals surface area contributed by atoms with Gasteiger partial charge < -0.3 is 15.3 Å². The number of para-hydroxylation sites is 2. The summed E-state index contributed by atoms with van der Waals surface area (Å²) in [5.74, 6) is 0. The van der Waals surface area contributed by atoms with Crippen molar-refractivity contribution >= 4 is 28.7 Å². The van der Waals surface area contributed by atoms with Crippen LogP contribution in [-0.2, 0) is 13.0 Å². The van der Waals surface area contributed by atoms with E-state index < -0.39 is 0 Å². The molecule has 4 heteroatoms. The van der Waals surface area contributed by atoms with Gasteiger partial charge in [0, 0.05) is 31.6 Å². The minimum atomic E-state index is 0.160. The summed E-state index contributed by atoms with van der Waals surface area (Å²) in [7, 11) is 2.08. The zero-order valence-electron chi connectivity index (χ0n) is 14.8. The molecule has 3 aromatic carbocycles. The van der Waals surface area contributed by atoms with Gasteiger partial charge in [-0.1, -0.05) is 54.1 Å². The Morgan fingerprint density at radius 1 is 0.923 bits per heavy atom. The van der Waals surface area contributed by atoms with Gasteiger partial charge in [0.1, 0.15) is 0 Å². The predicted octanol–water partition coefficient (Wildman–Crippen LogP) is 5.25. The molecule has 0 aromatic heterocycles. The Morgan fingerprint density at radius 3 is 2.35 bits per heavy atom. The zero-order valence-corrected chi connectivity index (χ0v) is 15.6. The largest absolute Gasteiger partial charge is 0.396 e. The maximum atomic E-state index is 9.25. The highest BCUT2D eigenvalue weighted by Gasteiger charge is 2.07. The molecule has 0 fully saturated rings. The lowest BCUT2D eigenvalue weighted by Crippen LogP contribution is -2.18. The molecular weight excluding hydrogens is 344 g/mol.